The molecule has 1 aliphatic heterocycles. The van der Waals surface area contributed by atoms with Crippen molar-refractivity contribution in [2.75, 3.05) is 18.6 Å². The Morgan fingerprint density at radius 3 is 2.89 bits per heavy atom. The molecule has 2 amide bonds. The van der Waals surface area contributed by atoms with Crippen molar-refractivity contribution < 1.29 is 27.8 Å². The molecule has 1 N–H and O–H groups in total. The number of anilines is 1. The first-order chi connectivity index (χ1) is 13.5. The maximum absolute atomic E-state index is 12.4. The van der Waals surface area contributed by atoms with E-state index in [0.717, 1.165) is 6.42 Å². The molecule has 1 aromatic heterocycles. The number of rotatable bonds is 8. The predicted octanol–water partition coefficient (Wildman–Crippen LogP) is 2.74. The number of carbonyl (C=O) groups excluding carboxylic acids is 2. The molecule has 0 unspecified atom stereocenters. The number of halogens is 2. The van der Waals surface area contributed by atoms with E-state index >= 15 is 0 Å². The van der Waals surface area contributed by atoms with Crippen LogP contribution in [0.1, 0.15) is 24.1 Å². The Kier molecular flexibility index (Phi) is 6.40. The summed E-state index contributed by atoms with van der Waals surface area (Å²) < 4.78 is 34.1. The number of alkyl halides is 2. The Hall–Kier alpha value is -2.75. The monoisotopic (exact) mass is 411 g/mol. The number of methoxy groups -OCH3 is 1. The first-order valence-electron chi connectivity index (χ1n) is 8.59. The van der Waals surface area contributed by atoms with Crippen LogP contribution in [0, 0.1) is 0 Å². The molecule has 0 saturated carbocycles. The number of carbonyl (C=O) groups is 2. The molecule has 3 rings (SSSR count). The van der Waals surface area contributed by atoms with Gasteiger partial charge >= 0.3 is 6.61 Å². The van der Waals surface area contributed by atoms with Gasteiger partial charge in [0.2, 0.25) is 11.8 Å². The molecule has 28 heavy (non-hydrogen) atoms. The standard InChI is InChI=1S/C18H19F2N3O4S/c1-26-14-7-11(4-5-13(14)27-17(19)20)9-21-15(24)8-12-10-28-18(22-12)23-6-2-3-16(23)25/h4-5,7,10,17H,2-3,6,8-9H2,1H3,(H,21,24). The molecule has 1 saturated heterocycles. The summed E-state index contributed by atoms with van der Waals surface area (Å²) in [6.07, 6.45) is 1.43. The van der Waals surface area contributed by atoms with Gasteiger partial charge < -0.3 is 14.8 Å². The molecule has 2 heterocycles. The number of aromatic nitrogens is 1. The number of amides is 2. The van der Waals surface area contributed by atoms with Crippen molar-refractivity contribution in [1.82, 2.24) is 10.3 Å². The maximum Gasteiger partial charge on any atom is 0.387 e. The second-order valence-electron chi connectivity index (χ2n) is 6.09. The van der Waals surface area contributed by atoms with Gasteiger partial charge in [0.05, 0.1) is 19.2 Å². The fourth-order valence-corrected chi connectivity index (χ4v) is 3.66. The van der Waals surface area contributed by atoms with Crippen LogP contribution in [0.4, 0.5) is 13.9 Å². The smallest absolute Gasteiger partial charge is 0.387 e. The molecule has 7 nitrogen and oxygen atoms in total. The highest BCUT2D eigenvalue weighted by Crippen LogP contribution is 2.29. The summed E-state index contributed by atoms with van der Waals surface area (Å²) in [5.74, 6) is -0.0967. The summed E-state index contributed by atoms with van der Waals surface area (Å²) in [4.78, 5) is 29.9. The van der Waals surface area contributed by atoms with Crippen molar-refractivity contribution in [2.24, 2.45) is 0 Å². The van der Waals surface area contributed by atoms with Gasteiger partial charge in [0.15, 0.2) is 16.6 Å². The third kappa shape index (κ3) is 4.94. The van der Waals surface area contributed by atoms with Crippen LogP contribution in [0.5, 0.6) is 11.5 Å². The highest BCUT2D eigenvalue weighted by atomic mass is 32.1. The molecule has 1 aromatic carbocycles. The topological polar surface area (TPSA) is 80.8 Å². The van der Waals surface area contributed by atoms with Crippen molar-refractivity contribution in [3.05, 3.63) is 34.8 Å². The molecular weight excluding hydrogens is 392 g/mol. The average Bonchev–Trinajstić information content (AvgIpc) is 3.29. The van der Waals surface area contributed by atoms with Crippen molar-refractivity contribution in [1.29, 1.82) is 0 Å². The zero-order chi connectivity index (χ0) is 20.1. The first-order valence-corrected chi connectivity index (χ1v) is 9.47. The lowest BCUT2D eigenvalue weighted by Gasteiger charge is -2.12. The van der Waals surface area contributed by atoms with Gasteiger partial charge in [0.1, 0.15) is 0 Å². The lowest BCUT2D eigenvalue weighted by molar-refractivity contribution is -0.120. The van der Waals surface area contributed by atoms with Crippen LogP contribution in [-0.4, -0.2) is 37.1 Å². The molecule has 1 aliphatic rings. The fraction of sp³-hybridized carbons (Fsp3) is 0.389. The van der Waals surface area contributed by atoms with Crippen LogP contribution in [0.25, 0.3) is 0 Å². The largest absolute Gasteiger partial charge is 0.493 e. The van der Waals surface area contributed by atoms with E-state index in [9.17, 15) is 18.4 Å². The lowest BCUT2D eigenvalue weighted by atomic mass is 10.2. The number of benzene rings is 1. The molecule has 0 radical (unpaired) electrons. The first kappa shape index (κ1) is 20.0. The summed E-state index contributed by atoms with van der Waals surface area (Å²) in [5, 5.41) is 5.13. The number of hydrogen-bond acceptors (Lipinski definition) is 6. The van der Waals surface area contributed by atoms with Crippen LogP contribution in [0.15, 0.2) is 23.6 Å². The average molecular weight is 411 g/mol. The van der Waals surface area contributed by atoms with Crippen LogP contribution in [0.3, 0.4) is 0 Å². The Morgan fingerprint density at radius 2 is 2.21 bits per heavy atom. The van der Waals surface area contributed by atoms with E-state index in [1.54, 1.807) is 16.3 Å². The Labute approximate surface area is 164 Å². The van der Waals surface area contributed by atoms with Gasteiger partial charge in [-0.3, -0.25) is 14.5 Å². The molecule has 1 fully saturated rings. The van der Waals surface area contributed by atoms with Gasteiger partial charge in [-0.1, -0.05) is 6.07 Å². The number of hydrogen-bond donors (Lipinski definition) is 1. The minimum atomic E-state index is -2.95. The molecule has 0 atom stereocenters. The van der Waals surface area contributed by atoms with Gasteiger partial charge in [0.25, 0.3) is 0 Å². The van der Waals surface area contributed by atoms with E-state index in [1.165, 1.54) is 30.6 Å². The molecule has 0 spiro atoms. The van der Waals surface area contributed by atoms with Crippen molar-refractivity contribution in [2.45, 2.75) is 32.4 Å². The second-order valence-corrected chi connectivity index (χ2v) is 6.92. The quantitative estimate of drug-likeness (QED) is 0.723. The molecule has 2 aromatic rings. The summed E-state index contributed by atoms with van der Waals surface area (Å²) in [5.41, 5.74) is 1.27. The zero-order valence-electron chi connectivity index (χ0n) is 15.1. The molecular formula is C18H19F2N3O4S. The van der Waals surface area contributed by atoms with Crippen molar-refractivity contribution in [3.8, 4) is 11.5 Å². The Bertz CT molecular complexity index is 859. The number of thiazole rings is 1. The summed E-state index contributed by atoms with van der Waals surface area (Å²) in [6.45, 7) is -2.09. The van der Waals surface area contributed by atoms with Gasteiger partial charge in [-0.15, -0.1) is 11.3 Å². The molecule has 0 aliphatic carbocycles. The molecule has 0 bridgehead atoms. The fourth-order valence-electron chi connectivity index (χ4n) is 2.79. The van der Waals surface area contributed by atoms with E-state index in [4.69, 9.17) is 4.74 Å². The lowest BCUT2D eigenvalue weighted by Crippen LogP contribution is -2.25. The SMILES string of the molecule is COc1cc(CNC(=O)Cc2csc(N3CCCC3=O)n2)ccc1OC(F)F. The minimum absolute atomic E-state index is 0.0542. The van der Waals surface area contributed by atoms with Crippen molar-refractivity contribution >= 4 is 28.3 Å². The third-order valence-corrected chi connectivity index (χ3v) is 5.03. The minimum Gasteiger partial charge on any atom is -0.493 e. The molecule has 150 valence electrons. The number of nitrogens with zero attached hydrogens (tertiary/aromatic N) is 2. The maximum atomic E-state index is 12.4. The normalized spacial score (nSPS) is 13.9. The highest BCUT2D eigenvalue weighted by molar-refractivity contribution is 7.14. The van der Waals surface area contributed by atoms with Crippen LogP contribution in [-0.2, 0) is 22.6 Å². The second kappa shape index (κ2) is 8.96. The number of nitrogens with one attached hydrogen (secondary N) is 1. The Morgan fingerprint density at radius 1 is 1.39 bits per heavy atom. The van der Waals surface area contributed by atoms with Crippen molar-refractivity contribution in [3.63, 3.8) is 0 Å². The van der Waals surface area contributed by atoms with Gasteiger partial charge in [0, 0.05) is 24.9 Å². The highest BCUT2D eigenvalue weighted by Gasteiger charge is 2.24. The van der Waals surface area contributed by atoms with E-state index in [2.05, 4.69) is 15.0 Å². The predicted molar refractivity (Wildman–Crippen MR) is 98.9 cm³/mol. The summed E-state index contributed by atoms with van der Waals surface area (Å²) in [7, 11) is 1.35. The van der Waals surface area contributed by atoms with E-state index in [-0.39, 0.29) is 36.3 Å². The van der Waals surface area contributed by atoms with E-state index in [1.807, 2.05) is 0 Å². The third-order valence-electron chi connectivity index (χ3n) is 4.12. The van der Waals surface area contributed by atoms with Gasteiger partial charge in [-0.25, -0.2) is 4.98 Å². The summed E-state index contributed by atoms with van der Waals surface area (Å²) in [6, 6.07) is 4.46. The summed E-state index contributed by atoms with van der Waals surface area (Å²) >= 11 is 1.34. The van der Waals surface area contributed by atoms with E-state index < -0.39 is 6.61 Å². The van der Waals surface area contributed by atoms with E-state index in [0.29, 0.717) is 29.4 Å². The zero-order valence-corrected chi connectivity index (χ0v) is 15.9. The van der Waals surface area contributed by atoms with Gasteiger partial charge in [-0.2, -0.15) is 8.78 Å². The van der Waals surface area contributed by atoms with Crippen LogP contribution >= 0.6 is 11.3 Å². The van der Waals surface area contributed by atoms with Crippen LogP contribution in [0.2, 0.25) is 0 Å². The number of ether oxygens (including phenoxy) is 2. The molecule has 10 heteroatoms. The Balaban J connectivity index is 1.54. The van der Waals surface area contributed by atoms with Gasteiger partial charge in [-0.05, 0) is 24.1 Å². The van der Waals surface area contributed by atoms with Crippen LogP contribution < -0.4 is 19.7 Å².